The molecule has 0 aliphatic heterocycles. The Balaban J connectivity index is 3.00. The molecule has 0 saturated carbocycles. The molecule has 1 aromatic rings. The van der Waals surface area contributed by atoms with Crippen molar-refractivity contribution in [2.24, 2.45) is 0 Å². The standard InChI is InChI=1S/C12H22N4O2S/c1-7(2)11-15-10(13)9(4)12(16-11)14-8(3)6-19(5,17)18/h7-8H,6H2,1-5H3,(H3,13,14,15,16). The van der Waals surface area contributed by atoms with Crippen LogP contribution in [0.1, 0.15) is 38.1 Å². The highest BCUT2D eigenvalue weighted by Crippen LogP contribution is 2.21. The monoisotopic (exact) mass is 286 g/mol. The molecule has 1 aromatic heterocycles. The lowest BCUT2D eigenvalue weighted by Gasteiger charge is -2.17. The van der Waals surface area contributed by atoms with Crippen LogP contribution in [0.4, 0.5) is 11.6 Å². The number of sulfone groups is 1. The molecule has 3 N–H and O–H groups in total. The van der Waals surface area contributed by atoms with Gasteiger partial charge in [-0.2, -0.15) is 0 Å². The van der Waals surface area contributed by atoms with E-state index < -0.39 is 9.84 Å². The minimum Gasteiger partial charge on any atom is -0.383 e. The second-order valence-electron chi connectivity index (χ2n) is 5.23. The summed E-state index contributed by atoms with van der Waals surface area (Å²) in [5.41, 5.74) is 6.59. The molecule has 19 heavy (non-hydrogen) atoms. The molecule has 0 saturated heterocycles. The lowest BCUT2D eigenvalue weighted by Crippen LogP contribution is -2.26. The fourth-order valence-electron chi connectivity index (χ4n) is 1.68. The van der Waals surface area contributed by atoms with Gasteiger partial charge < -0.3 is 11.1 Å². The summed E-state index contributed by atoms with van der Waals surface area (Å²) in [6.45, 7) is 7.57. The van der Waals surface area contributed by atoms with Gasteiger partial charge in [-0.25, -0.2) is 18.4 Å². The van der Waals surface area contributed by atoms with Gasteiger partial charge >= 0.3 is 0 Å². The molecule has 1 atom stereocenters. The van der Waals surface area contributed by atoms with E-state index in [0.717, 1.165) is 5.56 Å². The molecule has 1 heterocycles. The maximum atomic E-state index is 11.3. The van der Waals surface area contributed by atoms with E-state index in [1.54, 1.807) is 6.92 Å². The summed E-state index contributed by atoms with van der Waals surface area (Å²) in [6, 6.07) is -0.233. The SMILES string of the molecule is Cc1c(N)nc(C(C)C)nc1NC(C)CS(C)(=O)=O. The van der Waals surface area contributed by atoms with E-state index in [1.165, 1.54) is 6.26 Å². The van der Waals surface area contributed by atoms with Crippen LogP contribution in [-0.2, 0) is 9.84 Å². The highest BCUT2D eigenvalue weighted by molar-refractivity contribution is 7.90. The van der Waals surface area contributed by atoms with E-state index in [9.17, 15) is 8.42 Å². The molecule has 108 valence electrons. The Hall–Kier alpha value is -1.37. The maximum Gasteiger partial charge on any atom is 0.149 e. The van der Waals surface area contributed by atoms with E-state index >= 15 is 0 Å². The van der Waals surface area contributed by atoms with Crippen LogP contribution >= 0.6 is 0 Å². The van der Waals surface area contributed by atoms with Crippen LogP contribution in [0.15, 0.2) is 0 Å². The zero-order chi connectivity index (χ0) is 14.8. The smallest absolute Gasteiger partial charge is 0.149 e. The fourth-order valence-corrected chi connectivity index (χ4v) is 2.67. The van der Waals surface area contributed by atoms with Gasteiger partial charge in [0.15, 0.2) is 0 Å². The summed E-state index contributed by atoms with van der Waals surface area (Å²) in [7, 11) is -3.03. The quantitative estimate of drug-likeness (QED) is 0.847. The number of nitrogens with zero attached hydrogens (tertiary/aromatic N) is 2. The number of nitrogens with one attached hydrogen (secondary N) is 1. The minimum atomic E-state index is -3.03. The van der Waals surface area contributed by atoms with Gasteiger partial charge in [0.2, 0.25) is 0 Å². The van der Waals surface area contributed by atoms with Crippen molar-refractivity contribution in [3.05, 3.63) is 11.4 Å². The third-order valence-electron chi connectivity index (χ3n) is 2.65. The number of hydrogen-bond acceptors (Lipinski definition) is 6. The topological polar surface area (TPSA) is 98.0 Å². The van der Waals surface area contributed by atoms with Crippen LogP contribution in [0.2, 0.25) is 0 Å². The van der Waals surface area contributed by atoms with Gasteiger partial charge in [-0.3, -0.25) is 0 Å². The van der Waals surface area contributed by atoms with E-state index in [0.29, 0.717) is 17.5 Å². The lowest BCUT2D eigenvalue weighted by molar-refractivity contribution is 0.597. The van der Waals surface area contributed by atoms with Crippen molar-refractivity contribution in [2.45, 2.75) is 39.7 Å². The van der Waals surface area contributed by atoms with Crippen LogP contribution in [-0.4, -0.2) is 36.4 Å². The van der Waals surface area contributed by atoms with Crippen molar-refractivity contribution in [2.75, 3.05) is 23.1 Å². The van der Waals surface area contributed by atoms with Crippen molar-refractivity contribution < 1.29 is 8.42 Å². The van der Waals surface area contributed by atoms with Crippen LogP contribution in [0.5, 0.6) is 0 Å². The van der Waals surface area contributed by atoms with Crippen molar-refractivity contribution in [3.63, 3.8) is 0 Å². The van der Waals surface area contributed by atoms with E-state index in [1.807, 2.05) is 20.8 Å². The Kier molecular flexibility index (Phi) is 4.73. The normalized spacial score (nSPS) is 13.6. The first-order chi connectivity index (χ1) is 8.60. The molecule has 0 fully saturated rings. The second-order valence-corrected chi connectivity index (χ2v) is 7.42. The third kappa shape index (κ3) is 4.66. The number of nitrogen functional groups attached to an aromatic ring is 1. The highest BCUT2D eigenvalue weighted by Gasteiger charge is 2.15. The van der Waals surface area contributed by atoms with E-state index in [-0.39, 0.29) is 17.7 Å². The molecule has 1 rings (SSSR count). The summed E-state index contributed by atoms with van der Waals surface area (Å²) in [5, 5.41) is 3.09. The van der Waals surface area contributed by atoms with Crippen molar-refractivity contribution in [1.82, 2.24) is 9.97 Å². The van der Waals surface area contributed by atoms with Gasteiger partial charge in [-0.1, -0.05) is 13.8 Å². The van der Waals surface area contributed by atoms with E-state index in [4.69, 9.17) is 5.73 Å². The number of hydrogen-bond donors (Lipinski definition) is 2. The fraction of sp³-hybridized carbons (Fsp3) is 0.667. The maximum absolute atomic E-state index is 11.3. The van der Waals surface area contributed by atoms with Gasteiger partial charge in [-0.15, -0.1) is 0 Å². The summed E-state index contributed by atoms with van der Waals surface area (Å²) in [6.07, 6.45) is 1.21. The predicted molar refractivity (Wildman–Crippen MR) is 78.1 cm³/mol. The zero-order valence-electron chi connectivity index (χ0n) is 12.1. The minimum absolute atomic E-state index is 0.0490. The summed E-state index contributed by atoms with van der Waals surface area (Å²) < 4.78 is 22.5. The van der Waals surface area contributed by atoms with Crippen molar-refractivity contribution in [3.8, 4) is 0 Å². The van der Waals surface area contributed by atoms with Crippen molar-refractivity contribution >= 4 is 21.5 Å². The Labute approximate surface area is 114 Å². The third-order valence-corrected chi connectivity index (χ3v) is 3.76. The molecule has 6 nitrogen and oxygen atoms in total. The number of anilines is 2. The van der Waals surface area contributed by atoms with Gasteiger partial charge in [0.05, 0.1) is 5.75 Å². The average molecular weight is 286 g/mol. The second kappa shape index (κ2) is 5.73. The molecule has 0 aliphatic carbocycles. The van der Waals surface area contributed by atoms with Gasteiger partial charge in [-0.05, 0) is 13.8 Å². The van der Waals surface area contributed by atoms with Gasteiger partial charge in [0, 0.05) is 23.8 Å². The Morgan fingerprint density at radius 3 is 2.32 bits per heavy atom. The number of nitrogens with two attached hydrogens (primary N) is 1. The molecule has 0 spiro atoms. The van der Waals surface area contributed by atoms with Crippen LogP contribution in [0.25, 0.3) is 0 Å². The number of aromatic nitrogens is 2. The first-order valence-electron chi connectivity index (χ1n) is 6.18. The molecule has 0 aliphatic rings. The average Bonchev–Trinajstić information content (AvgIpc) is 2.21. The Morgan fingerprint density at radius 1 is 1.26 bits per heavy atom. The first kappa shape index (κ1) is 15.7. The molecule has 0 amide bonds. The molecule has 0 aromatic carbocycles. The predicted octanol–water partition coefficient (Wildman–Crippen LogP) is 1.34. The molecule has 1 unspecified atom stereocenters. The van der Waals surface area contributed by atoms with Crippen LogP contribution in [0.3, 0.4) is 0 Å². The van der Waals surface area contributed by atoms with Gasteiger partial charge in [0.1, 0.15) is 27.3 Å². The largest absolute Gasteiger partial charge is 0.383 e. The Bertz CT molecular complexity index is 555. The van der Waals surface area contributed by atoms with Crippen LogP contribution < -0.4 is 11.1 Å². The molecular formula is C12H22N4O2S. The molecule has 0 radical (unpaired) electrons. The summed E-state index contributed by atoms with van der Waals surface area (Å²) in [5.74, 6) is 1.89. The molecule has 0 bridgehead atoms. The zero-order valence-corrected chi connectivity index (χ0v) is 12.9. The number of rotatable bonds is 5. The van der Waals surface area contributed by atoms with Crippen molar-refractivity contribution in [1.29, 1.82) is 0 Å². The molecular weight excluding hydrogens is 264 g/mol. The van der Waals surface area contributed by atoms with Crippen LogP contribution in [0, 0.1) is 6.92 Å². The summed E-state index contributed by atoms with van der Waals surface area (Å²) in [4.78, 5) is 8.63. The highest BCUT2D eigenvalue weighted by atomic mass is 32.2. The molecule has 7 heteroatoms. The summed E-state index contributed by atoms with van der Waals surface area (Å²) >= 11 is 0. The van der Waals surface area contributed by atoms with Gasteiger partial charge in [0.25, 0.3) is 0 Å². The Morgan fingerprint density at radius 2 is 1.84 bits per heavy atom. The lowest BCUT2D eigenvalue weighted by atomic mass is 10.2. The first-order valence-corrected chi connectivity index (χ1v) is 8.24. The van der Waals surface area contributed by atoms with E-state index in [2.05, 4.69) is 15.3 Å².